The lowest BCUT2D eigenvalue weighted by Crippen LogP contribution is -2.32. The molecule has 0 aliphatic rings. The van der Waals surface area contributed by atoms with Gasteiger partial charge < -0.3 is 4.40 Å². The summed E-state index contributed by atoms with van der Waals surface area (Å²) >= 11 is 0. The Bertz CT molecular complexity index is 634. The van der Waals surface area contributed by atoms with Gasteiger partial charge in [0.05, 0.1) is 24.2 Å². The van der Waals surface area contributed by atoms with Gasteiger partial charge in [0.25, 0.3) is 0 Å². The number of sulfonamides is 1. The van der Waals surface area contributed by atoms with Crippen LogP contribution in [0.4, 0.5) is 0 Å². The molecule has 0 saturated heterocycles. The minimum Gasteiger partial charge on any atom is -0.303 e. The maximum absolute atomic E-state index is 11.9. The Morgan fingerprint density at radius 2 is 2.11 bits per heavy atom. The maximum Gasteiger partial charge on any atom is 0.214 e. The number of nitrogens with zero attached hydrogens (tertiary/aromatic N) is 3. The Labute approximate surface area is 107 Å². The van der Waals surface area contributed by atoms with Crippen LogP contribution >= 0.6 is 0 Å². The highest BCUT2D eigenvalue weighted by molar-refractivity contribution is 7.89. The molecule has 6 heteroatoms. The van der Waals surface area contributed by atoms with E-state index in [0.29, 0.717) is 13.1 Å². The minimum atomic E-state index is -3.16. The van der Waals surface area contributed by atoms with Crippen molar-refractivity contribution in [3.8, 4) is 0 Å². The molecule has 98 valence electrons. The molecule has 2 aromatic heterocycles. The van der Waals surface area contributed by atoms with Gasteiger partial charge in [-0.2, -0.15) is 4.31 Å². The van der Waals surface area contributed by atoms with Crippen molar-refractivity contribution in [1.29, 1.82) is 0 Å². The van der Waals surface area contributed by atoms with Gasteiger partial charge in [-0.1, -0.05) is 13.0 Å². The third kappa shape index (κ3) is 2.39. The van der Waals surface area contributed by atoms with Crippen molar-refractivity contribution in [2.24, 2.45) is 0 Å². The van der Waals surface area contributed by atoms with Crippen LogP contribution in [-0.2, 0) is 16.6 Å². The van der Waals surface area contributed by atoms with Gasteiger partial charge in [-0.15, -0.1) is 0 Å². The van der Waals surface area contributed by atoms with E-state index in [2.05, 4.69) is 4.98 Å². The second-order valence-electron chi connectivity index (χ2n) is 4.01. The first kappa shape index (κ1) is 13.0. The number of hydrogen-bond acceptors (Lipinski definition) is 3. The molecule has 0 unspecified atom stereocenters. The highest BCUT2D eigenvalue weighted by atomic mass is 32.2. The second-order valence-corrected chi connectivity index (χ2v) is 6.26. The number of hydrogen-bond donors (Lipinski definition) is 0. The summed E-state index contributed by atoms with van der Waals surface area (Å²) in [6.07, 6.45) is 3.62. The molecule has 0 fully saturated rings. The number of imidazole rings is 1. The van der Waals surface area contributed by atoms with Crippen LogP contribution in [-0.4, -0.2) is 34.4 Å². The van der Waals surface area contributed by atoms with Crippen molar-refractivity contribution in [1.82, 2.24) is 13.7 Å². The molecule has 5 nitrogen and oxygen atoms in total. The topological polar surface area (TPSA) is 54.7 Å². The molecule has 0 saturated carbocycles. The first-order valence-corrected chi connectivity index (χ1v) is 7.58. The van der Waals surface area contributed by atoms with Gasteiger partial charge in [0.1, 0.15) is 5.65 Å². The zero-order chi connectivity index (χ0) is 13.2. The summed E-state index contributed by atoms with van der Waals surface area (Å²) in [5.41, 5.74) is 1.71. The molecule has 2 aromatic rings. The third-order valence-corrected chi connectivity index (χ3v) is 4.85. The quantitative estimate of drug-likeness (QED) is 0.825. The van der Waals surface area contributed by atoms with Gasteiger partial charge in [0, 0.05) is 12.7 Å². The molecular weight excluding hydrogens is 250 g/mol. The van der Waals surface area contributed by atoms with Crippen LogP contribution in [0.25, 0.3) is 5.65 Å². The molecule has 2 rings (SSSR count). The van der Waals surface area contributed by atoms with E-state index in [0.717, 1.165) is 11.3 Å². The van der Waals surface area contributed by atoms with Crippen LogP contribution in [0.2, 0.25) is 0 Å². The number of fused-ring (bicyclic) bond motifs is 1. The van der Waals surface area contributed by atoms with Crippen LogP contribution in [0.1, 0.15) is 19.5 Å². The summed E-state index contributed by atoms with van der Waals surface area (Å²) in [5, 5.41) is 0. The minimum absolute atomic E-state index is 0.123. The van der Waals surface area contributed by atoms with E-state index in [1.165, 1.54) is 4.31 Å². The number of rotatable bonds is 5. The summed E-state index contributed by atoms with van der Waals surface area (Å²) < 4.78 is 27.2. The van der Waals surface area contributed by atoms with E-state index < -0.39 is 10.0 Å². The summed E-state index contributed by atoms with van der Waals surface area (Å²) in [6.45, 7) is 4.33. The molecule has 0 aliphatic heterocycles. The Morgan fingerprint density at radius 3 is 2.78 bits per heavy atom. The predicted octanol–water partition coefficient (Wildman–Crippen LogP) is 1.51. The van der Waals surface area contributed by atoms with Crippen molar-refractivity contribution >= 4 is 15.7 Å². The molecule has 0 aromatic carbocycles. The Kier molecular flexibility index (Phi) is 3.68. The first-order valence-electron chi connectivity index (χ1n) is 5.97. The van der Waals surface area contributed by atoms with E-state index in [9.17, 15) is 8.42 Å². The Balaban J connectivity index is 2.33. The molecule has 0 aliphatic carbocycles. The van der Waals surface area contributed by atoms with Crippen molar-refractivity contribution < 1.29 is 8.42 Å². The number of pyridine rings is 1. The van der Waals surface area contributed by atoms with E-state index in [4.69, 9.17) is 0 Å². The molecule has 0 atom stereocenters. The summed E-state index contributed by atoms with van der Waals surface area (Å²) in [7, 11) is -3.16. The SMILES string of the molecule is CCN(Cc1cnc2ccccn12)S(=O)(=O)CC. The molecular formula is C12H17N3O2S. The maximum atomic E-state index is 11.9. The Morgan fingerprint density at radius 1 is 1.33 bits per heavy atom. The van der Waals surface area contributed by atoms with E-state index in [-0.39, 0.29) is 5.75 Å². The lowest BCUT2D eigenvalue weighted by atomic mass is 10.4. The highest BCUT2D eigenvalue weighted by Crippen LogP contribution is 2.12. The molecule has 18 heavy (non-hydrogen) atoms. The lowest BCUT2D eigenvalue weighted by molar-refractivity contribution is 0.419. The second kappa shape index (κ2) is 5.07. The van der Waals surface area contributed by atoms with Crippen molar-refractivity contribution in [3.63, 3.8) is 0 Å². The fourth-order valence-electron chi connectivity index (χ4n) is 1.87. The Hall–Kier alpha value is -1.40. The van der Waals surface area contributed by atoms with Crippen molar-refractivity contribution in [3.05, 3.63) is 36.3 Å². The van der Waals surface area contributed by atoms with Gasteiger partial charge >= 0.3 is 0 Å². The van der Waals surface area contributed by atoms with Crippen LogP contribution in [0.3, 0.4) is 0 Å². The molecule has 0 spiro atoms. The van der Waals surface area contributed by atoms with Gasteiger partial charge in [-0.05, 0) is 19.1 Å². The predicted molar refractivity (Wildman–Crippen MR) is 70.7 cm³/mol. The van der Waals surface area contributed by atoms with Crippen LogP contribution in [0, 0.1) is 0 Å². The summed E-state index contributed by atoms with van der Waals surface area (Å²) in [4.78, 5) is 4.26. The van der Waals surface area contributed by atoms with Crippen LogP contribution in [0.5, 0.6) is 0 Å². The largest absolute Gasteiger partial charge is 0.303 e. The summed E-state index contributed by atoms with van der Waals surface area (Å²) in [6, 6.07) is 5.71. The average molecular weight is 267 g/mol. The zero-order valence-corrected chi connectivity index (χ0v) is 11.4. The fourth-order valence-corrected chi connectivity index (χ4v) is 2.96. The van der Waals surface area contributed by atoms with Crippen molar-refractivity contribution in [2.45, 2.75) is 20.4 Å². The standard InChI is InChI=1S/C12H17N3O2S/c1-3-14(18(16,17)4-2)10-11-9-13-12-7-5-6-8-15(11)12/h5-9H,3-4,10H2,1-2H3. The normalized spacial score (nSPS) is 12.4. The van der Waals surface area contributed by atoms with Crippen LogP contribution in [0.15, 0.2) is 30.6 Å². The fraction of sp³-hybridized carbons (Fsp3) is 0.417. The van der Waals surface area contributed by atoms with Crippen molar-refractivity contribution in [2.75, 3.05) is 12.3 Å². The molecule has 0 N–H and O–H groups in total. The highest BCUT2D eigenvalue weighted by Gasteiger charge is 2.19. The average Bonchev–Trinajstić information content (AvgIpc) is 2.79. The van der Waals surface area contributed by atoms with Gasteiger partial charge in [-0.25, -0.2) is 13.4 Å². The zero-order valence-electron chi connectivity index (χ0n) is 10.6. The lowest BCUT2D eigenvalue weighted by Gasteiger charge is -2.19. The first-order chi connectivity index (χ1) is 8.58. The van der Waals surface area contributed by atoms with Crippen LogP contribution < -0.4 is 0 Å². The smallest absolute Gasteiger partial charge is 0.214 e. The molecule has 0 radical (unpaired) electrons. The summed E-state index contributed by atoms with van der Waals surface area (Å²) in [5.74, 6) is 0.123. The van der Waals surface area contributed by atoms with E-state index in [1.54, 1.807) is 13.1 Å². The third-order valence-electron chi connectivity index (χ3n) is 2.94. The molecule has 2 heterocycles. The van der Waals surface area contributed by atoms with E-state index >= 15 is 0 Å². The van der Waals surface area contributed by atoms with Gasteiger partial charge in [0.15, 0.2) is 0 Å². The molecule has 0 amide bonds. The molecule has 0 bridgehead atoms. The van der Waals surface area contributed by atoms with E-state index in [1.807, 2.05) is 35.7 Å². The van der Waals surface area contributed by atoms with Gasteiger partial charge in [0.2, 0.25) is 10.0 Å². The monoisotopic (exact) mass is 267 g/mol. The number of aromatic nitrogens is 2. The van der Waals surface area contributed by atoms with Gasteiger partial charge in [-0.3, -0.25) is 0 Å².